The minimum Gasteiger partial charge on any atom is -0.334 e. The molecule has 4 heteroatoms. The van der Waals surface area contributed by atoms with Gasteiger partial charge in [-0.25, -0.2) is 0 Å². The molecule has 0 saturated heterocycles. The second-order valence-electron chi connectivity index (χ2n) is 6.04. The van der Waals surface area contributed by atoms with Crippen molar-refractivity contribution in [1.29, 1.82) is 5.26 Å². The molecule has 0 fully saturated rings. The van der Waals surface area contributed by atoms with Crippen LogP contribution in [0.1, 0.15) is 22.4 Å². The molecule has 0 aliphatic carbocycles. The fourth-order valence-corrected chi connectivity index (χ4v) is 3.06. The topological polar surface area (TPSA) is 57.8 Å². The van der Waals surface area contributed by atoms with Gasteiger partial charge in [-0.05, 0) is 38.5 Å². The summed E-state index contributed by atoms with van der Waals surface area (Å²) in [5.41, 5.74) is 5.37. The number of carbonyl (C=O) groups is 1. The van der Waals surface area contributed by atoms with E-state index < -0.39 is 0 Å². The van der Waals surface area contributed by atoms with Gasteiger partial charge in [0.25, 0.3) is 0 Å². The lowest BCUT2D eigenvalue weighted by atomic mass is 10.1. The van der Waals surface area contributed by atoms with Gasteiger partial charge in [-0.15, -0.1) is 0 Å². The Kier molecular flexibility index (Phi) is 4.09. The number of amides is 1. The summed E-state index contributed by atoms with van der Waals surface area (Å²) < 4.78 is 1.90. The lowest BCUT2D eigenvalue weighted by molar-refractivity contribution is -0.116. The molecule has 0 unspecified atom stereocenters. The third-order valence-corrected chi connectivity index (χ3v) is 4.30. The number of aryl methyl sites for hydroxylation is 2. The molecular formula is C20H19N3O. The number of anilines is 1. The summed E-state index contributed by atoms with van der Waals surface area (Å²) in [6.07, 6.45) is 0. The number of nitriles is 1. The molecule has 3 rings (SSSR count). The molecule has 3 aromatic rings. The van der Waals surface area contributed by atoms with Gasteiger partial charge in [0.05, 0.1) is 11.1 Å². The summed E-state index contributed by atoms with van der Waals surface area (Å²) in [7, 11) is 0. The lowest BCUT2D eigenvalue weighted by Crippen LogP contribution is -2.20. The maximum absolute atomic E-state index is 12.5. The first-order valence-electron chi connectivity index (χ1n) is 7.86. The number of para-hydroxylation sites is 1. The van der Waals surface area contributed by atoms with Gasteiger partial charge in [0.15, 0.2) is 0 Å². The number of nitrogens with zero attached hydrogens (tertiary/aromatic N) is 2. The summed E-state index contributed by atoms with van der Waals surface area (Å²) in [4.78, 5) is 12.5. The van der Waals surface area contributed by atoms with Crippen LogP contribution in [0.25, 0.3) is 10.9 Å². The van der Waals surface area contributed by atoms with Gasteiger partial charge in [0.1, 0.15) is 12.6 Å². The van der Waals surface area contributed by atoms with Crippen LogP contribution in [-0.4, -0.2) is 10.5 Å². The minimum absolute atomic E-state index is 0.102. The monoisotopic (exact) mass is 317 g/mol. The van der Waals surface area contributed by atoms with Gasteiger partial charge in [0.2, 0.25) is 5.91 Å². The highest BCUT2D eigenvalue weighted by atomic mass is 16.1. The van der Waals surface area contributed by atoms with Gasteiger partial charge in [0, 0.05) is 16.8 Å². The maximum Gasteiger partial charge on any atom is 0.244 e. The number of aromatic nitrogens is 1. The van der Waals surface area contributed by atoms with Crippen LogP contribution in [0, 0.1) is 32.1 Å². The number of benzene rings is 2. The highest BCUT2D eigenvalue weighted by Crippen LogP contribution is 2.25. The standard InChI is InChI=1S/C20H19N3O/c1-13-8-9-18(14(2)10-13)22-20(24)12-23-15(3)17(11-21)16-6-4-5-7-19(16)23/h4-10H,12H2,1-3H3,(H,22,24). The summed E-state index contributed by atoms with van der Waals surface area (Å²) in [5.74, 6) is -0.102. The molecule has 24 heavy (non-hydrogen) atoms. The van der Waals surface area contributed by atoms with Crippen molar-refractivity contribution in [2.45, 2.75) is 27.3 Å². The second kappa shape index (κ2) is 6.21. The van der Waals surface area contributed by atoms with Crippen molar-refractivity contribution < 1.29 is 4.79 Å². The fraction of sp³-hybridized carbons (Fsp3) is 0.200. The summed E-state index contributed by atoms with van der Waals surface area (Å²) in [6.45, 7) is 6.06. The molecule has 1 heterocycles. The molecular weight excluding hydrogens is 298 g/mol. The van der Waals surface area contributed by atoms with Crippen LogP contribution < -0.4 is 5.32 Å². The molecule has 0 aliphatic rings. The zero-order chi connectivity index (χ0) is 17.3. The van der Waals surface area contributed by atoms with Crippen molar-refractivity contribution in [2.75, 3.05) is 5.32 Å². The van der Waals surface area contributed by atoms with Crippen molar-refractivity contribution in [1.82, 2.24) is 4.57 Å². The largest absolute Gasteiger partial charge is 0.334 e. The number of nitrogens with one attached hydrogen (secondary N) is 1. The highest BCUT2D eigenvalue weighted by Gasteiger charge is 2.15. The minimum atomic E-state index is -0.102. The van der Waals surface area contributed by atoms with E-state index in [2.05, 4.69) is 11.4 Å². The summed E-state index contributed by atoms with van der Waals surface area (Å²) in [5, 5.41) is 13.2. The normalized spacial score (nSPS) is 10.6. The summed E-state index contributed by atoms with van der Waals surface area (Å²) >= 11 is 0. The van der Waals surface area contributed by atoms with Crippen LogP contribution in [0.3, 0.4) is 0 Å². The molecule has 2 aromatic carbocycles. The Morgan fingerprint density at radius 2 is 1.92 bits per heavy atom. The number of hydrogen-bond acceptors (Lipinski definition) is 2. The molecule has 4 nitrogen and oxygen atoms in total. The van der Waals surface area contributed by atoms with Crippen LogP contribution in [0.5, 0.6) is 0 Å². The molecule has 1 N–H and O–H groups in total. The van der Waals surface area contributed by atoms with Gasteiger partial charge in [-0.1, -0.05) is 35.9 Å². The van der Waals surface area contributed by atoms with Crippen LogP contribution in [0.2, 0.25) is 0 Å². The van der Waals surface area contributed by atoms with E-state index in [9.17, 15) is 10.1 Å². The smallest absolute Gasteiger partial charge is 0.244 e. The Morgan fingerprint density at radius 3 is 2.62 bits per heavy atom. The predicted molar refractivity (Wildman–Crippen MR) is 95.9 cm³/mol. The Balaban J connectivity index is 1.91. The molecule has 0 saturated carbocycles. The quantitative estimate of drug-likeness (QED) is 0.791. The number of rotatable bonds is 3. The van der Waals surface area contributed by atoms with Crippen molar-refractivity contribution in [3.63, 3.8) is 0 Å². The van der Waals surface area contributed by atoms with E-state index >= 15 is 0 Å². The third-order valence-electron chi connectivity index (χ3n) is 4.30. The fourth-order valence-electron chi connectivity index (χ4n) is 3.06. The molecule has 1 amide bonds. The molecule has 1 aromatic heterocycles. The summed E-state index contributed by atoms with van der Waals surface area (Å²) in [6, 6.07) is 15.9. The highest BCUT2D eigenvalue weighted by molar-refractivity contribution is 5.94. The van der Waals surface area contributed by atoms with Gasteiger partial charge in [-0.3, -0.25) is 4.79 Å². The Bertz CT molecular complexity index is 976. The molecule has 0 aliphatic heterocycles. The van der Waals surface area contributed by atoms with E-state index in [4.69, 9.17) is 0 Å². The van der Waals surface area contributed by atoms with Gasteiger partial charge >= 0.3 is 0 Å². The van der Waals surface area contributed by atoms with Gasteiger partial charge in [-0.2, -0.15) is 5.26 Å². The van der Waals surface area contributed by atoms with Crippen LogP contribution in [0.15, 0.2) is 42.5 Å². The zero-order valence-corrected chi connectivity index (χ0v) is 14.1. The van der Waals surface area contributed by atoms with Crippen LogP contribution in [-0.2, 0) is 11.3 Å². The first kappa shape index (κ1) is 15.8. The van der Waals surface area contributed by atoms with E-state index in [1.54, 1.807) is 0 Å². The van der Waals surface area contributed by atoms with E-state index in [0.717, 1.165) is 33.4 Å². The Hall–Kier alpha value is -3.06. The first-order valence-corrected chi connectivity index (χ1v) is 7.86. The lowest BCUT2D eigenvalue weighted by Gasteiger charge is -2.11. The Labute approximate surface area is 141 Å². The number of carbonyl (C=O) groups excluding carboxylic acids is 1. The molecule has 0 spiro atoms. The number of hydrogen-bond donors (Lipinski definition) is 1. The van der Waals surface area contributed by atoms with E-state index in [-0.39, 0.29) is 12.5 Å². The van der Waals surface area contributed by atoms with Crippen molar-refractivity contribution >= 4 is 22.5 Å². The maximum atomic E-state index is 12.5. The first-order chi connectivity index (χ1) is 11.5. The molecule has 0 bridgehead atoms. The van der Waals surface area contributed by atoms with E-state index in [0.29, 0.717) is 5.56 Å². The average Bonchev–Trinajstić information content (AvgIpc) is 2.82. The second-order valence-corrected chi connectivity index (χ2v) is 6.04. The third kappa shape index (κ3) is 2.77. The average molecular weight is 317 g/mol. The van der Waals surface area contributed by atoms with Crippen molar-refractivity contribution in [3.05, 3.63) is 64.8 Å². The zero-order valence-electron chi connectivity index (χ0n) is 14.1. The predicted octanol–water partition coefficient (Wildman–Crippen LogP) is 4.08. The molecule has 0 radical (unpaired) electrons. The van der Waals surface area contributed by atoms with Crippen LogP contribution >= 0.6 is 0 Å². The van der Waals surface area contributed by atoms with Crippen molar-refractivity contribution in [2.24, 2.45) is 0 Å². The van der Waals surface area contributed by atoms with Gasteiger partial charge < -0.3 is 9.88 Å². The van der Waals surface area contributed by atoms with Crippen molar-refractivity contribution in [3.8, 4) is 6.07 Å². The van der Waals surface area contributed by atoms with E-state index in [1.165, 1.54) is 0 Å². The SMILES string of the molecule is Cc1ccc(NC(=O)Cn2c(C)c(C#N)c3ccccc32)c(C)c1. The van der Waals surface area contributed by atoms with Crippen LogP contribution in [0.4, 0.5) is 5.69 Å². The Morgan fingerprint density at radius 1 is 1.17 bits per heavy atom. The van der Waals surface area contributed by atoms with E-state index in [1.807, 2.05) is 67.8 Å². The number of fused-ring (bicyclic) bond motifs is 1. The molecule has 0 atom stereocenters. The molecule has 120 valence electrons.